The van der Waals surface area contributed by atoms with Crippen molar-refractivity contribution >= 4 is 12.4 Å². The minimum absolute atomic E-state index is 0. The van der Waals surface area contributed by atoms with Crippen molar-refractivity contribution in [3.63, 3.8) is 0 Å². The summed E-state index contributed by atoms with van der Waals surface area (Å²) in [7, 11) is 0. The Kier molecular flexibility index (Phi) is 7.40. The van der Waals surface area contributed by atoms with Crippen LogP contribution in [0.2, 0.25) is 0 Å². The highest BCUT2D eigenvalue weighted by molar-refractivity contribution is 5.85. The first-order valence-corrected chi connectivity index (χ1v) is 5.26. The monoisotopic (exact) mass is 237 g/mol. The molecule has 0 N–H and O–H groups in total. The van der Waals surface area contributed by atoms with Crippen molar-refractivity contribution in [1.29, 1.82) is 0 Å². The maximum absolute atomic E-state index is 3.83. The zero-order chi connectivity index (χ0) is 11.1. The molecule has 0 unspecified atom stereocenters. The largest absolute Gasteiger partial charge is 0.370 e. The number of hydrogen-bond donors (Lipinski definition) is 0. The second kappa shape index (κ2) is 8.00. The zero-order valence-corrected chi connectivity index (χ0v) is 10.8. The van der Waals surface area contributed by atoms with Gasteiger partial charge in [0.25, 0.3) is 0 Å². The van der Waals surface area contributed by atoms with Gasteiger partial charge in [-0.1, -0.05) is 48.6 Å². The molecule has 0 spiro atoms. The Morgan fingerprint density at radius 1 is 1.25 bits per heavy atom. The van der Waals surface area contributed by atoms with E-state index in [0.717, 1.165) is 13.1 Å². The molecule has 1 aromatic carbocycles. The summed E-state index contributed by atoms with van der Waals surface area (Å²) in [5.74, 6) is 0. The van der Waals surface area contributed by atoms with Gasteiger partial charge in [0.05, 0.1) is 0 Å². The Morgan fingerprint density at radius 2 is 1.88 bits per heavy atom. The predicted octanol–water partition coefficient (Wildman–Crippen LogP) is 4.02. The van der Waals surface area contributed by atoms with Gasteiger partial charge in [0.15, 0.2) is 0 Å². The van der Waals surface area contributed by atoms with Gasteiger partial charge in [0.1, 0.15) is 0 Å². The summed E-state index contributed by atoms with van der Waals surface area (Å²) >= 11 is 0. The van der Waals surface area contributed by atoms with Crippen LogP contribution in [0.25, 0.3) is 0 Å². The Balaban J connectivity index is 0.00000225. The second-order valence-electron chi connectivity index (χ2n) is 3.88. The fraction of sp³-hybridized carbons (Fsp3) is 0.286. The second-order valence-corrected chi connectivity index (χ2v) is 3.88. The maximum Gasteiger partial charge on any atom is 0.0427 e. The van der Waals surface area contributed by atoms with Crippen LogP contribution in [0.5, 0.6) is 0 Å². The average Bonchev–Trinajstić information content (AvgIpc) is 2.25. The van der Waals surface area contributed by atoms with Crippen molar-refractivity contribution < 1.29 is 0 Å². The third kappa shape index (κ3) is 5.62. The van der Waals surface area contributed by atoms with Crippen molar-refractivity contribution in [2.45, 2.75) is 20.4 Å². The topological polar surface area (TPSA) is 3.24 Å². The van der Waals surface area contributed by atoms with E-state index in [1.165, 1.54) is 11.1 Å². The van der Waals surface area contributed by atoms with Crippen LogP contribution >= 0.6 is 12.4 Å². The van der Waals surface area contributed by atoms with Crippen LogP contribution in [0.4, 0.5) is 0 Å². The van der Waals surface area contributed by atoms with Crippen molar-refractivity contribution in [1.82, 2.24) is 4.90 Å². The van der Waals surface area contributed by atoms with Crippen LogP contribution in [0, 0.1) is 0 Å². The van der Waals surface area contributed by atoms with Gasteiger partial charge in [-0.05, 0) is 25.6 Å². The summed E-state index contributed by atoms with van der Waals surface area (Å²) in [5, 5.41) is 0. The fourth-order valence-electron chi connectivity index (χ4n) is 1.32. The van der Waals surface area contributed by atoms with Crippen molar-refractivity contribution in [3.05, 3.63) is 60.3 Å². The van der Waals surface area contributed by atoms with Crippen LogP contribution in [0.3, 0.4) is 0 Å². The van der Waals surface area contributed by atoms with Crippen molar-refractivity contribution in [3.8, 4) is 0 Å². The highest BCUT2D eigenvalue weighted by Crippen LogP contribution is 2.05. The number of rotatable bonds is 5. The quantitative estimate of drug-likeness (QED) is 0.700. The molecule has 16 heavy (non-hydrogen) atoms. The van der Waals surface area contributed by atoms with Crippen LogP contribution in [-0.2, 0) is 6.54 Å². The molecule has 1 rings (SSSR count). The zero-order valence-electron chi connectivity index (χ0n) is 10.0. The molecule has 88 valence electrons. The number of allylic oxidation sites excluding steroid dienone is 1. The molecule has 0 amide bonds. The fourth-order valence-corrected chi connectivity index (χ4v) is 1.32. The summed E-state index contributed by atoms with van der Waals surface area (Å²) in [6.07, 6.45) is 4.11. The first kappa shape index (κ1) is 14.8. The molecule has 1 aromatic rings. The van der Waals surface area contributed by atoms with E-state index in [2.05, 4.69) is 55.7 Å². The molecule has 0 bridgehead atoms. The lowest BCUT2D eigenvalue weighted by Gasteiger charge is -2.18. The molecule has 0 fully saturated rings. The lowest BCUT2D eigenvalue weighted by Crippen LogP contribution is -2.16. The third-order valence-corrected chi connectivity index (χ3v) is 2.22. The normalized spacial score (nSPS) is 8.88. The standard InChI is InChI=1S/C14H19N.ClH/c1-4-15(11-10-13(2)3)12-14-8-6-5-7-9-14;/h4-10H,1,11-12H2,2-3H3;1H. The molecule has 0 atom stereocenters. The van der Waals surface area contributed by atoms with Crippen LogP contribution in [0.15, 0.2) is 54.8 Å². The van der Waals surface area contributed by atoms with E-state index in [4.69, 9.17) is 0 Å². The summed E-state index contributed by atoms with van der Waals surface area (Å²) in [4.78, 5) is 2.20. The van der Waals surface area contributed by atoms with Crippen molar-refractivity contribution in [2.24, 2.45) is 0 Å². The molecule has 1 nitrogen and oxygen atoms in total. The van der Waals surface area contributed by atoms with Crippen LogP contribution in [0.1, 0.15) is 19.4 Å². The summed E-state index contributed by atoms with van der Waals surface area (Å²) in [5.41, 5.74) is 2.66. The average molecular weight is 238 g/mol. The summed E-state index contributed by atoms with van der Waals surface area (Å²) in [6, 6.07) is 10.4. The van der Waals surface area contributed by atoms with E-state index in [9.17, 15) is 0 Å². The first-order chi connectivity index (χ1) is 7.22. The van der Waals surface area contributed by atoms with Gasteiger partial charge in [0, 0.05) is 13.1 Å². The van der Waals surface area contributed by atoms with E-state index >= 15 is 0 Å². The number of benzene rings is 1. The molecular weight excluding hydrogens is 218 g/mol. The van der Waals surface area contributed by atoms with Gasteiger partial charge in [-0.2, -0.15) is 0 Å². The molecule has 2 heteroatoms. The molecule has 0 aliphatic carbocycles. The van der Waals surface area contributed by atoms with Gasteiger partial charge in [0.2, 0.25) is 0 Å². The predicted molar refractivity (Wildman–Crippen MR) is 73.7 cm³/mol. The lowest BCUT2D eigenvalue weighted by molar-refractivity contribution is 0.409. The van der Waals surface area contributed by atoms with E-state index in [1.54, 1.807) is 0 Å². The molecule has 0 heterocycles. The minimum Gasteiger partial charge on any atom is -0.370 e. The highest BCUT2D eigenvalue weighted by atomic mass is 35.5. The van der Waals surface area contributed by atoms with E-state index < -0.39 is 0 Å². The highest BCUT2D eigenvalue weighted by Gasteiger charge is 1.97. The smallest absolute Gasteiger partial charge is 0.0427 e. The molecular formula is C14H20ClN. The van der Waals surface area contributed by atoms with Crippen molar-refractivity contribution in [2.75, 3.05) is 6.54 Å². The Hall–Kier alpha value is -1.21. The molecule has 0 saturated carbocycles. The van der Waals surface area contributed by atoms with E-state index in [-0.39, 0.29) is 12.4 Å². The van der Waals surface area contributed by atoms with E-state index in [1.807, 2.05) is 12.3 Å². The van der Waals surface area contributed by atoms with Crippen LogP contribution < -0.4 is 0 Å². The maximum atomic E-state index is 3.83. The molecule has 0 saturated heterocycles. The third-order valence-electron chi connectivity index (χ3n) is 2.22. The molecule has 0 radical (unpaired) electrons. The molecule has 0 aliphatic heterocycles. The number of hydrogen-bond acceptors (Lipinski definition) is 1. The number of nitrogens with zero attached hydrogens (tertiary/aromatic N) is 1. The van der Waals surface area contributed by atoms with Gasteiger partial charge in [-0.3, -0.25) is 0 Å². The van der Waals surface area contributed by atoms with Gasteiger partial charge >= 0.3 is 0 Å². The number of halogens is 1. The summed E-state index contributed by atoms with van der Waals surface area (Å²) in [6.45, 7) is 9.92. The Labute approximate surface area is 105 Å². The molecule has 0 aromatic heterocycles. The van der Waals surface area contributed by atoms with Gasteiger partial charge < -0.3 is 4.90 Å². The molecule has 0 aliphatic rings. The summed E-state index contributed by atoms with van der Waals surface area (Å²) < 4.78 is 0. The van der Waals surface area contributed by atoms with Gasteiger partial charge in [-0.15, -0.1) is 12.4 Å². The van der Waals surface area contributed by atoms with E-state index in [0.29, 0.717) is 0 Å². The van der Waals surface area contributed by atoms with Gasteiger partial charge in [-0.25, -0.2) is 0 Å². The Bertz CT molecular complexity index is 326. The first-order valence-electron chi connectivity index (χ1n) is 5.26. The lowest BCUT2D eigenvalue weighted by atomic mass is 10.2. The van der Waals surface area contributed by atoms with Crippen LogP contribution in [-0.4, -0.2) is 11.4 Å². The Morgan fingerprint density at radius 3 is 2.38 bits per heavy atom. The SMILES string of the molecule is C=CN(CC=C(C)C)Cc1ccccc1.Cl. The minimum atomic E-state index is 0.